The molecular weight excluding hydrogens is 737 g/mol. The van der Waals surface area contributed by atoms with Gasteiger partial charge in [0.05, 0.1) is 16.7 Å². The molecular formula is C53H36N4OSi. The van der Waals surface area contributed by atoms with Crippen molar-refractivity contribution in [3.05, 3.63) is 182 Å². The molecule has 278 valence electrons. The van der Waals surface area contributed by atoms with E-state index in [0.29, 0.717) is 17.5 Å². The van der Waals surface area contributed by atoms with Gasteiger partial charge in [0.25, 0.3) is 0 Å². The number of furan rings is 1. The fraction of sp³-hybridized carbons (Fsp3) is 0.0377. The topological polar surface area (TPSA) is 56.7 Å². The van der Waals surface area contributed by atoms with E-state index >= 15 is 0 Å². The predicted octanol–water partition coefficient (Wildman–Crippen LogP) is 12.3. The summed E-state index contributed by atoms with van der Waals surface area (Å²) in [5.41, 5.74) is 12.7. The van der Waals surface area contributed by atoms with Gasteiger partial charge < -0.3 is 8.98 Å². The molecule has 0 spiro atoms. The highest BCUT2D eigenvalue weighted by Crippen LogP contribution is 2.44. The summed E-state index contributed by atoms with van der Waals surface area (Å²) in [7, 11) is -1.93. The van der Waals surface area contributed by atoms with Gasteiger partial charge in [0.2, 0.25) is 0 Å². The molecule has 6 heteroatoms. The second-order valence-electron chi connectivity index (χ2n) is 16.0. The van der Waals surface area contributed by atoms with Crippen LogP contribution in [0.5, 0.6) is 0 Å². The second-order valence-corrected chi connectivity index (χ2v) is 20.3. The molecule has 0 radical (unpaired) electrons. The average Bonchev–Trinajstić information content (AvgIpc) is 3.92. The molecule has 0 fully saturated rings. The molecule has 5 nitrogen and oxygen atoms in total. The van der Waals surface area contributed by atoms with E-state index < -0.39 is 8.07 Å². The number of hydrogen-bond acceptors (Lipinski definition) is 4. The monoisotopic (exact) mass is 772 g/mol. The first kappa shape index (κ1) is 33.7. The van der Waals surface area contributed by atoms with Crippen molar-refractivity contribution in [1.82, 2.24) is 19.5 Å². The summed E-state index contributed by atoms with van der Waals surface area (Å²) in [6.07, 6.45) is 0. The molecule has 3 aromatic heterocycles. The minimum absolute atomic E-state index is 0.623. The van der Waals surface area contributed by atoms with Gasteiger partial charge in [-0.3, -0.25) is 0 Å². The lowest BCUT2D eigenvalue weighted by Crippen LogP contribution is -2.49. The van der Waals surface area contributed by atoms with Crippen LogP contribution >= 0.6 is 0 Å². The Labute approximate surface area is 341 Å². The van der Waals surface area contributed by atoms with Crippen LogP contribution in [0.25, 0.3) is 106 Å². The molecule has 59 heavy (non-hydrogen) atoms. The highest BCUT2D eigenvalue weighted by Gasteiger charge is 2.37. The van der Waals surface area contributed by atoms with Crippen LogP contribution in [0.3, 0.4) is 0 Å². The molecule has 0 saturated heterocycles. The first-order valence-corrected chi connectivity index (χ1v) is 23.1. The number of nitrogens with zero attached hydrogens (tertiary/aromatic N) is 4. The SMILES string of the molecule is C[Si]1(C)c2ccccc2-c2ccc(-c3nc(-c4ccccc4)nc(-c4ccccc4-n4c5ccccc5c5c6c(ccc54)oc4c(-c5ccccc5)cccc46)n3)cc21. The van der Waals surface area contributed by atoms with Crippen LogP contribution in [0.15, 0.2) is 186 Å². The van der Waals surface area contributed by atoms with Crippen molar-refractivity contribution in [3.8, 4) is 62.1 Å². The third kappa shape index (κ3) is 5.06. The summed E-state index contributed by atoms with van der Waals surface area (Å²) in [5, 5.41) is 7.42. The van der Waals surface area contributed by atoms with Crippen molar-refractivity contribution in [2.24, 2.45) is 0 Å². The van der Waals surface area contributed by atoms with E-state index in [-0.39, 0.29) is 0 Å². The first-order chi connectivity index (χ1) is 29.0. The molecule has 0 atom stereocenters. The van der Waals surface area contributed by atoms with Crippen LogP contribution in [0.2, 0.25) is 13.1 Å². The van der Waals surface area contributed by atoms with E-state index in [2.05, 4.69) is 175 Å². The van der Waals surface area contributed by atoms with Gasteiger partial charge >= 0.3 is 0 Å². The summed E-state index contributed by atoms with van der Waals surface area (Å²) in [4.78, 5) is 15.8. The maximum atomic E-state index is 6.74. The smallest absolute Gasteiger partial charge is 0.166 e. The Kier molecular flexibility index (Phi) is 7.31. The quantitative estimate of drug-likeness (QED) is 0.164. The zero-order valence-corrected chi connectivity index (χ0v) is 33.5. The molecule has 0 N–H and O–H groups in total. The largest absolute Gasteiger partial charge is 0.455 e. The number of hydrogen-bond donors (Lipinski definition) is 0. The maximum absolute atomic E-state index is 6.74. The Hall–Kier alpha value is -7.41. The highest BCUT2D eigenvalue weighted by molar-refractivity contribution is 7.03. The third-order valence-electron chi connectivity index (χ3n) is 12.3. The second kappa shape index (κ2) is 12.8. The van der Waals surface area contributed by atoms with Gasteiger partial charge in [0.15, 0.2) is 17.5 Å². The predicted molar refractivity (Wildman–Crippen MR) is 245 cm³/mol. The molecule has 0 bridgehead atoms. The van der Waals surface area contributed by atoms with Gasteiger partial charge in [-0.1, -0.05) is 165 Å². The van der Waals surface area contributed by atoms with Crippen LogP contribution in [0, 0.1) is 0 Å². The van der Waals surface area contributed by atoms with E-state index in [1.54, 1.807) is 0 Å². The molecule has 0 saturated carbocycles. The van der Waals surface area contributed by atoms with Gasteiger partial charge in [0, 0.05) is 43.8 Å². The van der Waals surface area contributed by atoms with Crippen molar-refractivity contribution in [2.45, 2.75) is 13.1 Å². The van der Waals surface area contributed by atoms with Crippen LogP contribution in [0.1, 0.15) is 0 Å². The van der Waals surface area contributed by atoms with E-state index in [1.165, 1.54) is 21.5 Å². The molecule has 0 aliphatic carbocycles. The number of para-hydroxylation sites is 3. The number of rotatable bonds is 5. The minimum Gasteiger partial charge on any atom is -0.455 e. The molecule has 1 aliphatic rings. The van der Waals surface area contributed by atoms with Gasteiger partial charge in [0.1, 0.15) is 19.2 Å². The van der Waals surface area contributed by atoms with Gasteiger partial charge in [-0.2, -0.15) is 0 Å². The van der Waals surface area contributed by atoms with Gasteiger partial charge in [-0.25, -0.2) is 15.0 Å². The van der Waals surface area contributed by atoms with Crippen LogP contribution in [-0.4, -0.2) is 27.6 Å². The Morgan fingerprint density at radius 3 is 1.88 bits per heavy atom. The molecule has 1 aliphatic heterocycles. The van der Waals surface area contributed by atoms with Crippen molar-refractivity contribution < 1.29 is 4.42 Å². The van der Waals surface area contributed by atoms with E-state index in [1.807, 2.05) is 24.3 Å². The van der Waals surface area contributed by atoms with Crippen LogP contribution in [0.4, 0.5) is 0 Å². The van der Waals surface area contributed by atoms with Gasteiger partial charge in [-0.05, 0) is 57.4 Å². The Balaban J connectivity index is 1.09. The van der Waals surface area contributed by atoms with Crippen molar-refractivity contribution in [2.75, 3.05) is 0 Å². The third-order valence-corrected chi connectivity index (χ3v) is 15.8. The number of benzene rings is 8. The summed E-state index contributed by atoms with van der Waals surface area (Å²) >= 11 is 0. The van der Waals surface area contributed by atoms with Crippen molar-refractivity contribution >= 4 is 62.2 Å². The summed E-state index contributed by atoms with van der Waals surface area (Å²) in [5.74, 6) is 1.93. The number of aromatic nitrogens is 4. The first-order valence-electron chi connectivity index (χ1n) is 20.1. The molecule has 0 unspecified atom stereocenters. The lowest BCUT2D eigenvalue weighted by Gasteiger charge is -2.19. The minimum atomic E-state index is -1.93. The number of fused-ring (bicyclic) bond motifs is 10. The van der Waals surface area contributed by atoms with Crippen molar-refractivity contribution in [3.63, 3.8) is 0 Å². The molecule has 11 aromatic rings. The lowest BCUT2D eigenvalue weighted by atomic mass is 10.0. The molecule has 8 aromatic carbocycles. The average molecular weight is 773 g/mol. The van der Waals surface area contributed by atoms with E-state index in [4.69, 9.17) is 19.4 Å². The summed E-state index contributed by atoms with van der Waals surface area (Å²) in [6.45, 7) is 4.89. The fourth-order valence-corrected chi connectivity index (χ4v) is 12.6. The fourth-order valence-electron chi connectivity index (χ4n) is 9.50. The van der Waals surface area contributed by atoms with Crippen molar-refractivity contribution in [1.29, 1.82) is 0 Å². The zero-order valence-electron chi connectivity index (χ0n) is 32.5. The Bertz CT molecular complexity index is 3480. The summed E-state index contributed by atoms with van der Waals surface area (Å²) < 4.78 is 9.11. The van der Waals surface area contributed by atoms with E-state index in [0.717, 1.165) is 77.2 Å². The maximum Gasteiger partial charge on any atom is 0.166 e. The van der Waals surface area contributed by atoms with Crippen LogP contribution < -0.4 is 10.4 Å². The van der Waals surface area contributed by atoms with Crippen LogP contribution in [-0.2, 0) is 0 Å². The highest BCUT2D eigenvalue weighted by atomic mass is 28.3. The zero-order chi connectivity index (χ0) is 39.2. The normalized spacial score (nSPS) is 13.1. The Morgan fingerprint density at radius 2 is 1.05 bits per heavy atom. The summed E-state index contributed by atoms with van der Waals surface area (Å²) in [6, 6.07) is 64.3. The van der Waals surface area contributed by atoms with Gasteiger partial charge in [-0.15, -0.1) is 0 Å². The lowest BCUT2D eigenvalue weighted by molar-refractivity contribution is 0.670. The van der Waals surface area contributed by atoms with E-state index in [9.17, 15) is 0 Å². The molecule has 4 heterocycles. The Morgan fingerprint density at radius 1 is 0.424 bits per heavy atom. The molecule has 0 amide bonds. The molecule has 12 rings (SSSR count). The standard InChI is InChI=1S/C53H36N4OSi/c1-59(2)46-27-14-11-20-37(46)38-29-28-35(32-47(38)59)52-54-51(34-18-7-4-8-19-34)55-53(56-52)40-22-10-13-26-43(40)57-42-25-12-9-21-39(42)48-44(57)30-31-45-49(48)41-24-15-23-36(50(41)58-45)33-16-5-3-6-17-33/h3-32H,1-2H3.